The molecule has 19 heavy (non-hydrogen) atoms. The normalized spacial score (nSPS) is 22.8. The van der Waals surface area contributed by atoms with Crippen LogP contribution < -0.4 is 0 Å². The van der Waals surface area contributed by atoms with Crippen molar-refractivity contribution < 1.29 is 14.6 Å². The summed E-state index contributed by atoms with van der Waals surface area (Å²) in [5.74, 6) is -0.899. The molecule has 4 nitrogen and oxygen atoms in total. The zero-order chi connectivity index (χ0) is 13.5. The number of thiophene rings is 1. The van der Waals surface area contributed by atoms with Crippen molar-refractivity contribution in [1.82, 2.24) is 4.98 Å². The highest BCUT2D eigenvalue weighted by molar-refractivity contribution is 7.14. The van der Waals surface area contributed by atoms with Crippen LogP contribution in [0.1, 0.15) is 35.1 Å². The summed E-state index contributed by atoms with van der Waals surface area (Å²) in [6.07, 6.45) is 2.05. The maximum absolute atomic E-state index is 10.9. The van der Waals surface area contributed by atoms with E-state index in [4.69, 9.17) is 9.84 Å². The molecule has 6 heteroatoms. The molecule has 1 fully saturated rings. The van der Waals surface area contributed by atoms with Crippen LogP contribution in [0.25, 0.3) is 10.6 Å². The molecular weight excluding hydrogens is 282 g/mol. The van der Waals surface area contributed by atoms with Gasteiger partial charge in [0.25, 0.3) is 0 Å². The van der Waals surface area contributed by atoms with Gasteiger partial charge in [0, 0.05) is 17.4 Å². The lowest BCUT2D eigenvalue weighted by molar-refractivity contribution is 0.0167. The minimum atomic E-state index is -0.899. The van der Waals surface area contributed by atoms with Crippen LogP contribution in [-0.4, -0.2) is 22.7 Å². The van der Waals surface area contributed by atoms with Gasteiger partial charge in [-0.25, -0.2) is 9.78 Å². The summed E-state index contributed by atoms with van der Waals surface area (Å²) in [7, 11) is 0. The lowest BCUT2D eigenvalue weighted by Crippen LogP contribution is -2.19. The molecule has 100 valence electrons. The molecule has 3 heterocycles. The zero-order valence-corrected chi connectivity index (χ0v) is 12.0. The van der Waals surface area contributed by atoms with Crippen LogP contribution in [0.2, 0.25) is 0 Å². The predicted molar refractivity (Wildman–Crippen MR) is 74.9 cm³/mol. The molecule has 0 saturated carbocycles. The van der Waals surface area contributed by atoms with Crippen molar-refractivity contribution in [2.45, 2.75) is 25.4 Å². The highest BCUT2D eigenvalue weighted by Crippen LogP contribution is 2.39. The van der Waals surface area contributed by atoms with Gasteiger partial charge in [-0.3, -0.25) is 0 Å². The molecule has 0 spiro atoms. The highest BCUT2D eigenvalue weighted by atomic mass is 32.1. The van der Waals surface area contributed by atoms with E-state index in [1.54, 1.807) is 22.8 Å². The van der Waals surface area contributed by atoms with Gasteiger partial charge in [0.1, 0.15) is 10.6 Å². The number of carboxylic acids is 1. The van der Waals surface area contributed by atoms with Crippen molar-refractivity contribution in [2.24, 2.45) is 0 Å². The SMILES string of the molecule is CC1(c2nc(-c3cc(C(=O)O)cs3)cs2)CCCO1. The lowest BCUT2D eigenvalue weighted by atomic mass is 10.0. The van der Waals surface area contributed by atoms with E-state index in [1.807, 2.05) is 5.38 Å². The molecule has 1 aliphatic rings. The minimum Gasteiger partial charge on any atom is -0.478 e. The fourth-order valence-corrected chi connectivity index (χ4v) is 4.04. The van der Waals surface area contributed by atoms with Crippen molar-refractivity contribution in [2.75, 3.05) is 6.61 Å². The van der Waals surface area contributed by atoms with Gasteiger partial charge in [-0.1, -0.05) is 0 Å². The number of carbonyl (C=O) groups is 1. The van der Waals surface area contributed by atoms with Crippen molar-refractivity contribution in [1.29, 1.82) is 0 Å². The van der Waals surface area contributed by atoms with E-state index in [0.29, 0.717) is 5.56 Å². The number of hydrogen-bond donors (Lipinski definition) is 1. The molecule has 1 atom stereocenters. The van der Waals surface area contributed by atoms with Gasteiger partial charge in [-0.15, -0.1) is 22.7 Å². The molecule has 0 radical (unpaired) electrons. The second-order valence-corrected chi connectivity index (χ2v) is 6.49. The zero-order valence-electron chi connectivity index (χ0n) is 10.4. The maximum atomic E-state index is 10.9. The third-order valence-electron chi connectivity index (χ3n) is 3.27. The van der Waals surface area contributed by atoms with Gasteiger partial charge in [-0.05, 0) is 25.8 Å². The monoisotopic (exact) mass is 295 g/mol. The Kier molecular flexibility index (Phi) is 3.16. The molecule has 0 amide bonds. The maximum Gasteiger partial charge on any atom is 0.336 e. The molecule has 1 aliphatic heterocycles. The third-order valence-corrected chi connectivity index (χ3v) is 5.31. The Labute approximate surface area is 118 Å². The smallest absolute Gasteiger partial charge is 0.336 e. The molecule has 2 aromatic rings. The Balaban J connectivity index is 1.90. The summed E-state index contributed by atoms with van der Waals surface area (Å²) < 4.78 is 5.78. The molecular formula is C13H13NO3S2. The first-order valence-electron chi connectivity index (χ1n) is 6.01. The average molecular weight is 295 g/mol. The number of carboxylic acid groups (broad SMARTS) is 1. The summed E-state index contributed by atoms with van der Waals surface area (Å²) in [5.41, 5.74) is 0.891. The van der Waals surface area contributed by atoms with Crippen LogP contribution >= 0.6 is 22.7 Å². The number of ether oxygens (including phenoxy) is 1. The number of rotatable bonds is 3. The number of aromatic nitrogens is 1. The number of thiazole rings is 1. The van der Waals surface area contributed by atoms with Crippen LogP contribution in [0.5, 0.6) is 0 Å². The molecule has 2 aromatic heterocycles. The first-order valence-corrected chi connectivity index (χ1v) is 7.76. The Bertz CT molecular complexity index is 611. The van der Waals surface area contributed by atoms with Crippen molar-refractivity contribution in [3.8, 4) is 10.6 Å². The summed E-state index contributed by atoms with van der Waals surface area (Å²) >= 11 is 2.99. The minimum absolute atomic E-state index is 0.268. The Morgan fingerprint density at radius 1 is 1.47 bits per heavy atom. The molecule has 0 aliphatic carbocycles. The molecule has 0 aromatic carbocycles. The van der Waals surface area contributed by atoms with Crippen molar-refractivity contribution >= 4 is 28.6 Å². The molecule has 3 rings (SSSR count). The summed E-state index contributed by atoms with van der Waals surface area (Å²) in [5, 5.41) is 13.5. The lowest BCUT2D eigenvalue weighted by Gasteiger charge is -2.19. The first-order chi connectivity index (χ1) is 9.08. The second kappa shape index (κ2) is 4.70. The van der Waals surface area contributed by atoms with Crippen LogP contribution in [0.15, 0.2) is 16.8 Å². The van der Waals surface area contributed by atoms with Crippen molar-refractivity contribution in [3.63, 3.8) is 0 Å². The number of aromatic carboxylic acids is 1. The van der Waals surface area contributed by atoms with E-state index in [0.717, 1.165) is 35.0 Å². The molecule has 1 unspecified atom stereocenters. The summed E-state index contributed by atoms with van der Waals surface area (Å²) in [6, 6.07) is 1.67. The van der Waals surface area contributed by atoms with Gasteiger partial charge in [0.15, 0.2) is 0 Å². The highest BCUT2D eigenvalue weighted by Gasteiger charge is 2.34. The quantitative estimate of drug-likeness (QED) is 0.940. The van der Waals surface area contributed by atoms with Gasteiger partial charge in [0.2, 0.25) is 0 Å². The Morgan fingerprint density at radius 2 is 2.32 bits per heavy atom. The fourth-order valence-electron chi connectivity index (χ4n) is 2.16. The standard InChI is InChI=1S/C13H13NO3S2/c1-13(3-2-4-17-13)12-14-9(7-19-12)10-5-8(6-18-10)11(15)16/h5-7H,2-4H2,1H3,(H,15,16). The van der Waals surface area contributed by atoms with E-state index >= 15 is 0 Å². The van der Waals surface area contributed by atoms with Crippen molar-refractivity contribution in [3.05, 3.63) is 27.4 Å². The Morgan fingerprint density at radius 3 is 2.95 bits per heavy atom. The van der Waals surface area contributed by atoms with Gasteiger partial charge >= 0.3 is 5.97 Å². The van der Waals surface area contributed by atoms with Crippen LogP contribution in [-0.2, 0) is 10.3 Å². The summed E-state index contributed by atoms with van der Waals surface area (Å²) in [6.45, 7) is 2.85. The number of hydrogen-bond acceptors (Lipinski definition) is 5. The predicted octanol–water partition coefficient (Wildman–Crippen LogP) is 3.60. The van der Waals surface area contributed by atoms with E-state index in [-0.39, 0.29) is 5.60 Å². The second-order valence-electron chi connectivity index (χ2n) is 4.73. The fraction of sp³-hybridized carbons (Fsp3) is 0.385. The summed E-state index contributed by atoms with van der Waals surface area (Å²) in [4.78, 5) is 16.4. The Hall–Kier alpha value is -1.24. The van der Waals surface area contributed by atoms with E-state index in [2.05, 4.69) is 11.9 Å². The molecule has 1 N–H and O–H groups in total. The number of nitrogens with zero attached hydrogens (tertiary/aromatic N) is 1. The van der Waals surface area contributed by atoms with Crippen LogP contribution in [0.3, 0.4) is 0 Å². The van der Waals surface area contributed by atoms with Crippen LogP contribution in [0.4, 0.5) is 0 Å². The van der Waals surface area contributed by atoms with Gasteiger partial charge in [-0.2, -0.15) is 0 Å². The topological polar surface area (TPSA) is 59.4 Å². The molecule has 1 saturated heterocycles. The largest absolute Gasteiger partial charge is 0.478 e. The van der Waals surface area contributed by atoms with Gasteiger partial charge in [0.05, 0.1) is 16.1 Å². The van der Waals surface area contributed by atoms with Crippen LogP contribution in [0, 0.1) is 0 Å². The van der Waals surface area contributed by atoms with E-state index < -0.39 is 5.97 Å². The van der Waals surface area contributed by atoms with E-state index in [1.165, 1.54) is 11.3 Å². The molecule has 0 bridgehead atoms. The van der Waals surface area contributed by atoms with E-state index in [9.17, 15) is 4.79 Å². The van der Waals surface area contributed by atoms with Gasteiger partial charge < -0.3 is 9.84 Å². The average Bonchev–Trinajstić information content (AvgIpc) is 3.08. The third kappa shape index (κ3) is 2.31. The first kappa shape index (κ1) is 12.8.